The zero-order valence-corrected chi connectivity index (χ0v) is 17.0. The quantitative estimate of drug-likeness (QED) is 0.388. The van der Waals surface area contributed by atoms with Gasteiger partial charge in [0.1, 0.15) is 0 Å². The van der Waals surface area contributed by atoms with E-state index in [1.165, 1.54) is 23.4 Å². The maximum atomic E-state index is 12.7. The molecule has 1 saturated heterocycles. The van der Waals surface area contributed by atoms with E-state index >= 15 is 0 Å². The van der Waals surface area contributed by atoms with Crippen molar-refractivity contribution in [2.45, 2.75) is 37.7 Å². The van der Waals surface area contributed by atoms with Gasteiger partial charge in [-0.3, -0.25) is 14.9 Å². The fourth-order valence-electron chi connectivity index (χ4n) is 3.17. The molecule has 0 aliphatic carbocycles. The van der Waals surface area contributed by atoms with Crippen LogP contribution in [0.25, 0.3) is 0 Å². The highest BCUT2D eigenvalue weighted by Gasteiger charge is 2.30. The molecule has 1 aliphatic rings. The number of carbonyl (C=O) groups is 1. The summed E-state index contributed by atoms with van der Waals surface area (Å²) >= 11 is 0. The summed E-state index contributed by atoms with van der Waals surface area (Å²) in [5, 5.41) is 11.5. The first-order chi connectivity index (χ1) is 13.7. The van der Waals surface area contributed by atoms with Crippen LogP contribution in [-0.4, -0.2) is 42.6 Å². The molecule has 2 aromatic rings. The van der Waals surface area contributed by atoms with Crippen LogP contribution in [0.4, 0.5) is 5.69 Å². The molecule has 1 heterocycles. The van der Waals surface area contributed by atoms with Gasteiger partial charge in [-0.1, -0.05) is 29.8 Å². The second-order valence-electron chi connectivity index (χ2n) is 6.99. The predicted molar refractivity (Wildman–Crippen MR) is 107 cm³/mol. The highest BCUT2D eigenvalue weighted by molar-refractivity contribution is 7.89. The number of aryl methyl sites for hydroxylation is 1. The normalized spacial score (nSPS) is 15.8. The number of ketones is 1. The Bertz CT molecular complexity index is 1030. The van der Waals surface area contributed by atoms with Crippen LogP contribution in [0.2, 0.25) is 0 Å². The Morgan fingerprint density at radius 2 is 1.76 bits per heavy atom. The van der Waals surface area contributed by atoms with E-state index in [0.717, 1.165) is 24.5 Å². The average molecular weight is 418 g/mol. The fraction of sp³-hybridized carbons (Fsp3) is 0.350. The summed E-state index contributed by atoms with van der Waals surface area (Å²) in [6, 6.07) is 10.4. The van der Waals surface area contributed by atoms with Gasteiger partial charge in [0.2, 0.25) is 15.8 Å². The van der Waals surface area contributed by atoms with Gasteiger partial charge >= 0.3 is 5.69 Å². The molecule has 1 atom stereocenters. The third-order valence-electron chi connectivity index (χ3n) is 4.84. The summed E-state index contributed by atoms with van der Waals surface area (Å²) in [6.07, 6.45) is 0.555. The molecule has 0 amide bonds. The first kappa shape index (κ1) is 20.9. The molecule has 3 rings (SSSR count). The minimum atomic E-state index is -3.80. The second-order valence-corrected chi connectivity index (χ2v) is 8.93. The molecule has 0 aromatic heterocycles. The van der Waals surface area contributed by atoms with Crippen molar-refractivity contribution in [1.82, 2.24) is 4.31 Å². The molecule has 0 saturated carbocycles. The maximum Gasteiger partial charge on any atom is 0.312 e. The van der Waals surface area contributed by atoms with Crippen molar-refractivity contribution in [2.24, 2.45) is 0 Å². The van der Waals surface area contributed by atoms with Gasteiger partial charge in [0.15, 0.2) is 11.9 Å². The Morgan fingerprint density at radius 3 is 2.34 bits per heavy atom. The lowest BCUT2D eigenvalue weighted by atomic mass is 10.1. The van der Waals surface area contributed by atoms with Crippen LogP contribution in [0.5, 0.6) is 5.75 Å². The average Bonchev–Trinajstić information content (AvgIpc) is 3.23. The number of nitro benzene ring substituents is 1. The van der Waals surface area contributed by atoms with Crippen LogP contribution in [0.15, 0.2) is 47.4 Å². The molecule has 0 radical (unpaired) electrons. The number of ether oxygens (including phenoxy) is 1. The molecule has 154 valence electrons. The smallest absolute Gasteiger partial charge is 0.312 e. The fourth-order valence-corrected chi connectivity index (χ4v) is 4.71. The van der Waals surface area contributed by atoms with Crippen molar-refractivity contribution in [3.05, 3.63) is 63.7 Å². The van der Waals surface area contributed by atoms with Crippen LogP contribution in [-0.2, 0) is 10.0 Å². The first-order valence-electron chi connectivity index (χ1n) is 9.26. The topological polar surface area (TPSA) is 107 Å². The van der Waals surface area contributed by atoms with Gasteiger partial charge in [-0.05, 0) is 38.8 Å². The highest BCUT2D eigenvalue weighted by atomic mass is 32.2. The number of benzene rings is 2. The van der Waals surface area contributed by atoms with Crippen molar-refractivity contribution < 1.29 is 22.9 Å². The zero-order valence-electron chi connectivity index (χ0n) is 16.2. The third-order valence-corrected chi connectivity index (χ3v) is 6.73. The molecule has 29 heavy (non-hydrogen) atoms. The van der Waals surface area contributed by atoms with Crippen molar-refractivity contribution in [3.63, 3.8) is 0 Å². The molecular weight excluding hydrogens is 396 g/mol. The number of sulfonamides is 1. The van der Waals surface area contributed by atoms with Crippen LogP contribution in [0.3, 0.4) is 0 Å². The molecule has 0 bridgehead atoms. The summed E-state index contributed by atoms with van der Waals surface area (Å²) in [4.78, 5) is 23.2. The predicted octanol–water partition coefficient (Wildman–Crippen LogP) is 3.34. The Kier molecular flexibility index (Phi) is 5.99. The summed E-state index contributed by atoms with van der Waals surface area (Å²) in [6.45, 7) is 4.20. The molecule has 9 heteroatoms. The lowest BCUT2D eigenvalue weighted by Crippen LogP contribution is -2.28. The lowest BCUT2D eigenvalue weighted by molar-refractivity contribution is -0.386. The number of hydrogen-bond acceptors (Lipinski definition) is 6. The van der Waals surface area contributed by atoms with E-state index in [-0.39, 0.29) is 16.4 Å². The van der Waals surface area contributed by atoms with Crippen molar-refractivity contribution in [2.75, 3.05) is 13.1 Å². The molecular formula is C20H22N2O6S. The Balaban J connectivity index is 1.86. The third kappa shape index (κ3) is 4.46. The van der Waals surface area contributed by atoms with Gasteiger partial charge in [0.05, 0.1) is 9.82 Å². The first-order valence-corrected chi connectivity index (χ1v) is 10.7. The van der Waals surface area contributed by atoms with Crippen LogP contribution < -0.4 is 4.74 Å². The van der Waals surface area contributed by atoms with E-state index in [1.807, 2.05) is 6.92 Å². The van der Waals surface area contributed by atoms with Crippen molar-refractivity contribution in [3.8, 4) is 5.75 Å². The lowest BCUT2D eigenvalue weighted by Gasteiger charge is -2.17. The molecule has 1 fully saturated rings. The maximum absolute atomic E-state index is 12.7. The molecule has 8 nitrogen and oxygen atoms in total. The summed E-state index contributed by atoms with van der Waals surface area (Å²) < 4.78 is 32.2. The van der Waals surface area contributed by atoms with Crippen molar-refractivity contribution in [1.29, 1.82) is 0 Å². The molecule has 0 spiro atoms. The molecule has 2 aromatic carbocycles. The SMILES string of the molecule is Cc1ccc(C(=O)C(C)Oc2ccc(S(=O)(=O)N3CCCC3)cc2[N+](=O)[O-])cc1. The van der Waals surface area contributed by atoms with E-state index in [1.54, 1.807) is 24.3 Å². The van der Waals surface area contributed by atoms with E-state index in [9.17, 15) is 23.3 Å². The number of Topliss-reactive ketones (excluding diaryl/α,β-unsaturated/α-hetero) is 1. The van der Waals surface area contributed by atoms with Gasteiger partial charge < -0.3 is 4.74 Å². The van der Waals surface area contributed by atoms with E-state index in [0.29, 0.717) is 18.7 Å². The van der Waals surface area contributed by atoms with Gasteiger partial charge in [0, 0.05) is 24.7 Å². The highest BCUT2D eigenvalue weighted by Crippen LogP contribution is 2.32. The summed E-state index contributed by atoms with van der Waals surface area (Å²) in [5.74, 6) is -0.476. The van der Waals surface area contributed by atoms with Crippen LogP contribution >= 0.6 is 0 Å². The van der Waals surface area contributed by atoms with Crippen LogP contribution in [0, 0.1) is 17.0 Å². The number of hydrogen-bond donors (Lipinski definition) is 0. The van der Waals surface area contributed by atoms with E-state index in [2.05, 4.69) is 0 Å². The minimum absolute atomic E-state index is 0.150. The summed E-state index contributed by atoms with van der Waals surface area (Å²) in [7, 11) is -3.80. The molecule has 1 aliphatic heterocycles. The van der Waals surface area contributed by atoms with Gasteiger partial charge in [-0.2, -0.15) is 4.31 Å². The van der Waals surface area contributed by atoms with Crippen molar-refractivity contribution >= 4 is 21.5 Å². The Hall–Kier alpha value is -2.78. The largest absolute Gasteiger partial charge is 0.475 e. The van der Waals surface area contributed by atoms with E-state index in [4.69, 9.17) is 4.74 Å². The molecule has 1 unspecified atom stereocenters. The van der Waals surface area contributed by atoms with E-state index < -0.39 is 26.7 Å². The number of rotatable bonds is 7. The minimum Gasteiger partial charge on any atom is -0.475 e. The summed E-state index contributed by atoms with van der Waals surface area (Å²) in [5.41, 5.74) is 0.938. The monoisotopic (exact) mass is 418 g/mol. The number of carbonyl (C=O) groups excluding carboxylic acids is 1. The standard InChI is InChI=1S/C20H22N2O6S/c1-14-5-7-16(8-6-14)20(23)15(2)28-19-10-9-17(13-18(19)22(24)25)29(26,27)21-11-3-4-12-21/h5-10,13,15H,3-4,11-12H2,1-2H3. The second kappa shape index (κ2) is 8.30. The number of nitrogens with zero attached hydrogens (tertiary/aromatic N) is 2. The van der Waals surface area contributed by atoms with Crippen LogP contribution in [0.1, 0.15) is 35.7 Å². The zero-order chi connectivity index (χ0) is 21.2. The Labute approximate surface area is 169 Å². The number of nitro groups is 1. The van der Waals surface area contributed by atoms with Gasteiger partial charge in [-0.25, -0.2) is 8.42 Å². The Morgan fingerprint density at radius 1 is 1.14 bits per heavy atom. The van der Waals surface area contributed by atoms with Gasteiger partial charge in [0.25, 0.3) is 0 Å². The van der Waals surface area contributed by atoms with Gasteiger partial charge in [-0.15, -0.1) is 0 Å². The molecule has 0 N–H and O–H groups in total.